The van der Waals surface area contributed by atoms with Gasteiger partial charge in [-0.2, -0.15) is 0 Å². The van der Waals surface area contributed by atoms with Crippen molar-refractivity contribution in [1.82, 2.24) is 21.1 Å². The van der Waals surface area contributed by atoms with Gasteiger partial charge in [0.1, 0.15) is 18.1 Å². The molecule has 1 fully saturated rings. The molecule has 1 aromatic heterocycles. The Hall–Kier alpha value is -3.26. The molecule has 3 N–H and O–H groups in total. The Morgan fingerprint density at radius 3 is 2.57 bits per heavy atom. The zero-order chi connectivity index (χ0) is 21.3. The lowest BCUT2D eigenvalue weighted by Gasteiger charge is -2.32. The van der Waals surface area contributed by atoms with Gasteiger partial charge in [-0.05, 0) is 44.0 Å². The van der Waals surface area contributed by atoms with Crippen LogP contribution < -0.4 is 20.9 Å². The molecule has 0 atom stereocenters. The molecule has 3 amide bonds. The maximum atomic E-state index is 12.2. The van der Waals surface area contributed by atoms with Gasteiger partial charge in [0, 0.05) is 25.7 Å². The maximum Gasteiger partial charge on any atom is 0.333 e. The van der Waals surface area contributed by atoms with E-state index in [2.05, 4.69) is 27.6 Å². The molecular weight excluding hydrogens is 384 g/mol. The van der Waals surface area contributed by atoms with Crippen molar-refractivity contribution in [3.8, 4) is 5.75 Å². The smallest absolute Gasteiger partial charge is 0.333 e. The summed E-state index contributed by atoms with van der Waals surface area (Å²) in [5, 5.41) is 2.88. The molecule has 1 aromatic carbocycles. The number of hydrazine groups is 1. The first kappa shape index (κ1) is 21.4. The van der Waals surface area contributed by atoms with E-state index in [1.54, 1.807) is 6.07 Å². The summed E-state index contributed by atoms with van der Waals surface area (Å²) in [5.41, 5.74) is 5.86. The molecule has 1 saturated heterocycles. The number of likely N-dealkylation sites (tertiary alicyclic amines) is 1. The van der Waals surface area contributed by atoms with Gasteiger partial charge >= 0.3 is 11.9 Å². The number of para-hydroxylation sites is 1. The number of nitrogens with zero attached hydrogens (tertiary/aromatic N) is 1. The van der Waals surface area contributed by atoms with Crippen molar-refractivity contribution >= 4 is 11.9 Å². The molecule has 0 unspecified atom stereocenters. The van der Waals surface area contributed by atoms with Crippen molar-refractivity contribution in [1.29, 1.82) is 0 Å². The van der Waals surface area contributed by atoms with Crippen molar-refractivity contribution in [3.63, 3.8) is 0 Å². The Balaban J connectivity index is 1.36. The van der Waals surface area contributed by atoms with Crippen LogP contribution in [0, 0.1) is 0 Å². The lowest BCUT2D eigenvalue weighted by atomic mass is 10.0. The van der Waals surface area contributed by atoms with Crippen molar-refractivity contribution < 1.29 is 18.7 Å². The van der Waals surface area contributed by atoms with Crippen LogP contribution in [0.2, 0.25) is 0 Å². The third-order valence-electron chi connectivity index (χ3n) is 4.72. The second-order valence-corrected chi connectivity index (χ2v) is 7.43. The average molecular weight is 412 g/mol. The second-order valence-electron chi connectivity index (χ2n) is 7.43. The van der Waals surface area contributed by atoms with Gasteiger partial charge in [-0.25, -0.2) is 10.2 Å². The van der Waals surface area contributed by atoms with Crippen LogP contribution in [0.1, 0.15) is 36.1 Å². The van der Waals surface area contributed by atoms with E-state index in [1.807, 2.05) is 37.3 Å². The average Bonchev–Trinajstić information content (AvgIpc) is 3.21. The Bertz CT molecular complexity index is 857. The van der Waals surface area contributed by atoms with Crippen molar-refractivity contribution in [3.05, 3.63) is 66.1 Å². The molecule has 8 nitrogen and oxygen atoms in total. The molecule has 2 aromatic rings. The molecule has 3 rings (SSSR count). The molecule has 0 aliphatic carbocycles. The van der Waals surface area contributed by atoms with Gasteiger partial charge in [0.25, 0.3) is 0 Å². The van der Waals surface area contributed by atoms with Gasteiger partial charge in [-0.3, -0.25) is 15.1 Å². The summed E-state index contributed by atoms with van der Waals surface area (Å²) in [6, 6.07) is 12.2. The predicted molar refractivity (Wildman–Crippen MR) is 113 cm³/mol. The van der Waals surface area contributed by atoms with Crippen LogP contribution in [0.5, 0.6) is 5.75 Å². The van der Waals surface area contributed by atoms with Crippen LogP contribution in [-0.4, -0.2) is 42.5 Å². The lowest BCUT2D eigenvalue weighted by Crippen LogP contribution is -2.52. The third-order valence-corrected chi connectivity index (χ3v) is 4.72. The zero-order valence-electron chi connectivity index (χ0n) is 17.1. The molecule has 0 spiro atoms. The number of urea groups is 1. The summed E-state index contributed by atoms with van der Waals surface area (Å²) in [6.07, 6.45) is 1.72. The molecule has 0 radical (unpaired) electrons. The summed E-state index contributed by atoms with van der Waals surface area (Å²) < 4.78 is 11.1. The van der Waals surface area contributed by atoms with Crippen LogP contribution in [0.4, 0.5) is 4.79 Å². The van der Waals surface area contributed by atoms with E-state index in [0.29, 0.717) is 11.5 Å². The van der Waals surface area contributed by atoms with Crippen molar-refractivity contribution in [2.45, 2.75) is 32.4 Å². The summed E-state index contributed by atoms with van der Waals surface area (Å²) in [4.78, 5) is 26.5. The Labute approximate surface area is 176 Å². The fourth-order valence-corrected chi connectivity index (χ4v) is 3.26. The van der Waals surface area contributed by atoms with Gasteiger partial charge in [0.05, 0.1) is 0 Å². The normalized spacial score (nSPS) is 14.7. The molecule has 0 saturated carbocycles. The van der Waals surface area contributed by atoms with E-state index in [4.69, 9.17) is 9.15 Å². The number of ether oxygens (including phenoxy) is 1. The first-order chi connectivity index (χ1) is 14.5. The van der Waals surface area contributed by atoms with E-state index in [9.17, 15) is 9.59 Å². The number of furan rings is 1. The summed E-state index contributed by atoms with van der Waals surface area (Å²) in [5.74, 6) is 0.779. The number of hydrogen-bond donors (Lipinski definition) is 3. The monoisotopic (exact) mass is 412 g/mol. The lowest BCUT2D eigenvalue weighted by molar-refractivity contribution is 0.0903. The fraction of sp³-hybridized carbons (Fsp3) is 0.364. The van der Waals surface area contributed by atoms with Gasteiger partial charge in [0.2, 0.25) is 0 Å². The highest BCUT2D eigenvalue weighted by Gasteiger charge is 2.21. The summed E-state index contributed by atoms with van der Waals surface area (Å²) in [7, 11) is 0. The number of hydrogen-bond acceptors (Lipinski definition) is 5. The highest BCUT2D eigenvalue weighted by Crippen LogP contribution is 2.14. The maximum absolute atomic E-state index is 12.2. The number of nitrogens with one attached hydrogen (secondary N) is 3. The summed E-state index contributed by atoms with van der Waals surface area (Å²) >= 11 is 0. The minimum absolute atomic E-state index is 0.0774. The van der Waals surface area contributed by atoms with Gasteiger partial charge in [-0.15, -0.1) is 0 Å². The van der Waals surface area contributed by atoms with E-state index in [0.717, 1.165) is 38.0 Å². The number of rotatable bonds is 7. The SMILES string of the molecule is C=C(C)CN1CCC(NC(=O)NNC(=O)c2ccc(COc3ccccc3)o2)CC1. The topological polar surface area (TPSA) is 95.8 Å². The molecular formula is C22H28N4O4. The number of carbonyl (C=O) groups excluding carboxylic acids is 2. The molecule has 160 valence electrons. The van der Waals surface area contributed by atoms with E-state index in [-0.39, 0.29) is 18.4 Å². The molecule has 0 bridgehead atoms. The Kier molecular flexibility index (Phi) is 7.51. The Morgan fingerprint density at radius 1 is 1.13 bits per heavy atom. The minimum Gasteiger partial charge on any atom is -0.486 e. The van der Waals surface area contributed by atoms with Crippen LogP contribution in [0.3, 0.4) is 0 Å². The standard InChI is InChI=1S/C22H28N4O4/c1-16(2)14-26-12-10-17(11-13-26)23-22(28)25-24-21(27)20-9-8-19(30-20)15-29-18-6-4-3-5-7-18/h3-9,17H,1,10-15H2,2H3,(H,24,27)(H2,23,25,28). The van der Waals surface area contributed by atoms with Gasteiger partial charge < -0.3 is 14.5 Å². The van der Waals surface area contributed by atoms with Gasteiger partial charge in [0.15, 0.2) is 5.76 Å². The van der Waals surface area contributed by atoms with Crippen LogP contribution >= 0.6 is 0 Å². The number of amides is 3. The quantitative estimate of drug-likeness (QED) is 0.480. The highest BCUT2D eigenvalue weighted by atomic mass is 16.5. The summed E-state index contributed by atoms with van der Waals surface area (Å²) in [6.45, 7) is 8.85. The Morgan fingerprint density at radius 2 is 1.87 bits per heavy atom. The molecule has 2 heterocycles. The van der Waals surface area contributed by atoms with E-state index >= 15 is 0 Å². The molecule has 30 heavy (non-hydrogen) atoms. The third kappa shape index (κ3) is 6.66. The molecule has 1 aliphatic rings. The van der Waals surface area contributed by atoms with Gasteiger partial charge in [-0.1, -0.05) is 30.4 Å². The largest absolute Gasteiger partial charge is 0.486 e. The number of benzene rings is 1. The van der Waals surface area contributed by atoms with E-state index < -0.39 is 11.9 Å². The predicted octanol–water partition coefficient (Wildman–Crippen LogP) is 2.84. The van der Waals surface area contributed by atoms with Crippen molar-refractivity contribution in [2.75, 3.05) is 19.6 Å². The van der Waals surface area contributed by atoms with E-state index in [1.165, 1.54) is 6.07 Å². The zero-order valence-corrected chi connectivity index (χ0v) is 17.1. The van der Waals surface area contributed by atoms with Crippen LogP contribution in [0.25, 0.3) is 0 Å². The fourth-order valence-electron chi connectivity index (χ4n) is 3.26. The first-order valence-corrected chi connectivity index (χ1v) is 10.00. The van der Waals surface area contributed by atoms with Crippen LogP contribution in [-0.2, 0) is 6.61 Å². The van der Waals surface area contributed by atoms with Crippen molar-refractivity contribution in [2.24, 2.45) is 0 Å². The minimum atomic E-state index is -0.535. The second kappa shape index (κ2) is 10.5. The first-order valence-electron chi connectivity index (χ1n) is 10.00. The number of carbonyl (C=O) groups is 2. The molecule has 1 aliphatic heterocycles. The molecule has 8 heteroatoms. The highest BCUT2D eigenvalue weighted by molar-refractivity contribution is 5.92. The number of piperidine rings is 1. The van der Waals surface area contributed by atoms with Crippen LogP contribution in [0.15, 0.2) is 59.0 Å².